The third kappa shape index (κ3) is 4.76. The van der Waals surface area contributed by atoms with Crippen molar-refractivity contribution in [3.63, 3.8) is 0 Å². The van der Waals surface area contributed by atoms with E-state index < -0.39 is 6.10 Å². The first-order valence-electron chi connectivity index (χ1n) is 8.59. The van der Waals surface area contributed by atoms with E-state index in [9.17, 15) is 14.7 Å². The number of nitrogens with one attached hydrogen (secondary N) is 1. The smallest absolute Gasteiger partial charge is 0.245 e. The molecule has 0 radical (unpaired) electrons. The SMILES string of the molecule is C=CC(=O)N1CCC(C(=O)NCC(O)c2cc(OC)ccc2OC)CC1. The molecule has 1 aliphatic rings. The molecule has 1 saturated heterocycles. The molecule has 0 bridgehead atoms. The predicted molar refractivity (Wildman–Crippen MR) is 97.0 cm³/mol. The van der Waals surface area contributed by atoms with Crippen molar-refractivity contribution in [2.45, 2.75) is 18.9 Å². The van der Waals surface area contributed by atoms with Crippen LogP contribution in [0.4, 0.5) is 0 Å². The number of hydrogen-bond acceptors (Lipinski definition) is 5. The van der Waals surface area contributed by atoms with Gasteiger partial charge in [-0.1, -0.05) is 6.58 Å². The standard InChI is InChI=1S/C19H26N2O5/c1-4-18(23)21-9-7-13(8-10-21)19(24)20-12-16(22)15-11-14(25-2)5-6-17(15)26-3/h4-6,11,13,16,22H,1,7-10,12H2,2-3H3,(H,20,24). The summed E-state index contributed by atoms with van der Waals surface area (Å²) >= 11 is 0. The van der Waals surface area contributed by atoms with Gasteiger partial charge in [0.1, 0.15) is 11.5 Å². The van der Waals surface area contributed by atoms with Crippen molar-refractivity contribution in [3.05, 3.63) is 36.4 Å². The molecular formula is C19H26N2O5. The number of aliphatic hydroxyl groups excluding tert-OH is 1. The number of carbonyl (C=O) groups excluding carboxylic acids is 2. The molecule has 7 nitrogen and oxygen atoms in total. The van der Waals surface area contributed by atoms with Crippen molar-refractivity contribution in [3.8, 4) is 11.5 Å². The molecule has 1 aliphatic heterocycles. The highest BCUT2D eigenvalue weighted by Gasteiger charge is 2.27. The van der Waals surface area contributed by atoms with Crippen molar-refractivity contribution in [2.75, 3.05) is 33.9 Å². The summed E-state index contributed by atoms with van der Waals surface area (Å²) in [4.78, 5) is 25.6. The van der Waals surface area contributed by atoms with Gasteiger partial charge in [0.25, 0.3) is 0 Å². The molecule has 0 saturated carbocycles. The number of aliphatic hydroxyl groups is 1. The highest BCUT2D eigenvalue weighted by atomic mass is 16.5. The summed E-state index contributed by atoms with van der Waals surface area (Å²) in [5.41, 5.74) is 0.554. The van der Waals surface area contributed by atoms with Crippen LogP contribution in [0.25, 0.3) is 0 Å². The van der Waals surface area contributed by atoms with Gasteiger partial charge in [-0.2, -0.15) is 0 Å². The van der Waals surface area contributed by atoms with Gasteiger partial charge in [0.05, 0.1) is 20.3 Å². The van der Waals surface area contributed by atoms with Crippen molar-refractivity contribution in [2.24, 2.45) is 5.92 Å². The van der Waals surface area contributed by atoms with Gasteiger partial charge in [0.15, 0.2) is 0 Å². The molecule has 1 heterocycles. The highest BCUT2D eigenvalue weighted by Crippen LogP contribution is 2.29. The van der Waals surface area contributed by atoms with E-state index in [1.807, 2.05) is 0 Å². The molecule has 1 fully saturated rings. The molecule has 1 aromatic rings. The molecule has 0 aromatic heterocycles. The summed E-state index contributed by atoms with van der Waals surface area (Å²) in [6, 6.07) is 5.15. The quantitative estimate of drug-likeness (QED) is 0.714. The van der Waals surface area contributed by atoms with Crippen LogP contribution in [0.2, 0.25) is 0 Å². The Bertz CT molecular complexity index is 653. The van der Waals surface area contributed by atoms with Gasteiger partial charge in [-0.15, -0.1) is 0 Å². The molecule has 1 aromatic carbocycles. The number of hydrogen-bond donors (Lipinski definition) is 2. The molecular weight excluding hydrogens is 336 g/mol. The van der Waals surface area contributed by atoms with E-state index in [0.29, 0.717) is 43.0 Å². The predicted octanol–water partition coefficient (Wildman–Crippen LogP) is 1.28. The monoisotopic (exact) mass is 362 g/mol. The molecule has 2 rings (SSSR count). The van der Waals surface area contributed by atoms with Crippen LogP contribution in [0.1, 0.15) is 24.5 Å². The van der Waals surface area contributed by atoms with Gasteiger partial charge in [-0.3, -0.25) is 9.59 Å². The Morgan fingerprint density at radius 2 is 2.04 bits per heavy atom. The minimum Gasteiger partial charge on any atom is -0.497 e. The van der Waals surface area contributed by atoms with Crippen LogP contribution in [-0.4, -0.2) is 55.7 Å². The Kier molecular flexibility index (Phi) is 7.03. The zero-order valence-corrected chi connectivity index (χ0v) is 15.2. The first-order chi connectivity index (χ1) is 12.5. The maximum atomic E-state index is 12.4. The minimum atomic E-state index is -0.911. The van der Waals surface area contributed by atoms with Crippen molar-refractivity contribution in [1.29, 1.82) is 0 Å². The summed E-state index contributed by atoms with van der Waals surface area (Å²) in [5.74, 6) is 0.749. The Labute approximate surface area is 153 Å². The Morgan fingerprint density at radius 1 is 1.35 bits per heavy atom. The first-order valence-corrected chi connectivity index (χ1v) is 8.59. The lowest BCUT2D eigenvalue weighted by Crippen LogP contribution is -2.43. The molecule has 2 amide bonds. The number of carbonyl (C=O) groups is 2. The molecule has 1 unspecified atom stereocenters. The third-order valence-corrected chi connectivity index (χ3v) is 4.62. The Balaban J connectivity index is 1.89. The lowest BCUT2D eigenvalue weighted by atomic mass is 9.95. The molecule has 2 N–H and O–H groups in total. The fourth-order valence-corrected chi connectivity index (χ4v) is 3.04. The van der Waals surface area contributed by atoms with E-state index in [1.165, 1.54) is 13.2 Å². The van der Waals surface area contributed by atoms with E-state index in [2.05, 4.69) is 11.9 Å². The van der Waals surface area contributed by atoms with Crippen LogP contribution in [0.5, 0.6) is 11.5 Å². The highest BCUT2D eigenvalue weighted by molar-refractivity contribution is 5.87. The second-order valence-corrected chi connectivity index (χ2v) is 6.17. The maximum Gasteiger partial charge on any atom is 0.245 e. The van der Waals surface area contributed by atoms with Crippen LogP contribution in [0.3, 0.4) is 0 Å². The zero-order valence-electron chi connectivity index (χ0n) is 15.2. The van der Waals surface area contributed by atoms with Crippen LogP contribution in [0, 0.1) is 5.92 Å². The summed E-state index contributed by atoms with van der Waals surface area (Å²) in [7, 11) is 3.07. The number of rotatable bonds is 7. The van der Waals surface area contributed by atoms with Crippen LogP contribution in [0.15, 0.2) is 30.9 Å². The number of amides is 2. The molecule has 26 heavy (non-hydrogen) atoms. The molecule has 1 atom stereocenters. The molecule has 7 heteroatoms. The van der Waals surface area contributed by atoms with E-state index in [4.69, 9.17) is 9.47 Å². The van der Waals surface area contributed by atoms with Crippen LogP contribution in [-0.2, 0) is 9.59 Å². The number of benzene rings is 1. The summed E-state index contributed by atoms with van der Waals surface area (Å²) in [6.45, 7) is 4.63. The van der Waals surface area contributed by atoms with Crippen LogP contribution < -0.4 is 14.8 Å². The molecule has 0 spiro atoms. The van der Waals surface area contributed by atoms with Gasteiger partial charge in [0.2, 0.25) is 11.8 Å². The van der Waals surface area contributed by atoms with Crippen LogP contribution >= 0.6 is 0 Å². The third-order valence-electron chi connectivity index (χ3n) is 4.62. The Morgan fingerprint density at radius 3 is 2.62 bits per heavy atom. The lowest BCUT2D eigenvalue weighted by Gasteiger charge is -2.30. The van der Waals surface area contributed by atoms with Crippen molar-refractivity contribution in [1.82, 2.24) is 10.2 Å². The second-order valence-electron chi connectivity index (χ2n) is 6.17. The molecule has 142 valence electrons. The van der Waals surface area contributed by atoms with Gasteiger partial charge in [0, 0.05) is 31.1 Å². The van der Waals surface area contributed by atoms with Gasteiger partial charge >= 0.3 is 0 Å². The number of ether oxygens (including phenoxy) is 2. The van der Waals surface area contributed by atoms with E-state index in [-0.39, 0.29) is 24.3 Å². The van der Waals surface area contributed by atoms with Gasteiger partial charge in [-0.25, -0.2) is 0 Å². The normalized spacial score (nSPS) is 15.9. The molecule has 0 aliphatic carbocycles. The van der Waals surface area contributed by atoms with E-state index in [0.717, 1.165) is 0 Å². The number of methoxy groups -OCH3 is 2. The fourth-order valence-electron chi connectivity index (χ4n) is 3.04. The number of piperidine rings is 1. The maximum absolute atomic E-state index is 12.4. The second kappa shape index (κ2) is 9.24. The van der Waals surface area contributed by atoms with E-state index >= 15 is 0 Å². The average Bonchev–Trinajstić information content (AvgIpc) is 2.70. The summed E-state index contributed by atoms with van der Waals surface area (Å²) in [5, 5.41) is 13.2. The zero-order chi connectivity index (χ0) is 19.1. The fraction of sp³-hybridized carbons (Fsp3) is 0.474. The lowest BCUT2D eigenvalue weighted by molar-refractivity contribution is -0.132. The first kappa shape index (κ1) is 19.8. The van der Waals surface area contributed by atoms with Gasteiger partial charge in [-0.05, 0) is 37.1 Å². The number of nitrogens with zero attached hydrogens (tertiary/aromatic N) is 1. The van der Waals surface area contributed by atoms with Crippen molar-refractivity contribution >= 4 is 11.8 Å². The Hall–Kier alpha value is -2.54. The number of likely N-dealkylation sites (tertiary alicyclic amines) is 1. The average molecular weight is 362 g/mol. The van der Waals surface area contributed by atoms with Gasteiger partial charge < -0.3 is 24.8 Å². The minimum absolute atomic E-state index is 0.0775. The largest absolute Gasteiger partial charge is 0.497 e. The van der Waals surface area contributed by atoms with Crippen molar-refractivity contribution < 1.29 is 24.2 Å². The van der Waals surface area contributed by atoms with E-state index in [1.54, 1.807) is 30.2 Å². The summed E-state index contributed by atoms with van der Waals surface area (Å²) < 4.78 is 10.4. The topological polar surface area (TPSA) is 88.1 Å². The summed E-state index contributed by atoms with van der Waals surface area (Å²) in [6.07, 6.45) is 1.58.